The number of benzene rings is 1. The first kappa shape index (κ1) is 13.9. The summed E-state index contributed by atoms with van der Waals surface area (Å²) in [6, 6.07) is 8.13. The number of nitrogens with zero attached hydrogens (tertiary/aromatic N) is 2. The summed E-state index contributed by atoms with van der Waals surface area (Å²) < 4.78 is 5.31. The van der Waals surface area contributed by atoms with E-state index < -0.39 is 0 Å². The standard InChI is InChI=1S/C14H17N3O.ClH/c1-18-11-2-3-13-12(10-11)14(4-5-16-13)17-8-6-15-7-9-17;/h2-5,10,15H,6-9H2,1H3;1H. The van der Waals surface area contributed by atoms with Gasteiger partial charge < -0.3 is 15.0 Å². The van der Waals surface area contributed by atoms with Crippen LogP contribution in [0.25, 0.3) is 10.9 Å². The summed E-state index contributed by atoms with van der Waals surface area (Å²) in [6.45, 7) is 4.15. The summed E-state index contributed by atoms with van der Waals surface area (Å²) in [7, 11) is 1.70. The Morgan fingerprint density at radius 2 is 2.00 bits per heavy atom. The number of hydrogen-bond donors (Lipinski definition) is 1. The largest absolute Gasteiger partial charge is 0.497 e. The molecule has 2 heterocycles. The zero-order chi connectivity index (χ0) is 12.4. The molecule has 1 fully saturated rings. The Hall–Kier alpha value is -1.52. The van der Waals surface area contributed by atoms with Gasteiger partial charge in [-0.25, -0.2) is 0 Å². The van der Waals surface area contributed by atoms with Crippen molar-refractivity contribution in [3.05, 3.63) is 30.5 Å². The SMILES string of the molecule is COc1ccc2nccc(N3CCNCC3)c2c1.Cl. The second-order valence-corrected chi connectivity index (χ2v) is 4.45. The van der Waals surface area contributed by atoms with Crippen LogP contribution in [-0.4, -0.2) is 38.3 Å². The van der Waals surface area contributed by atoms with Gasteiger partial charge in [0, 0.05) is 43.4 Å². The van der Waals surface area contributed by atoms with E-state index >= 15 is 0 Å². The molecule has 0 spiro atoms. The molecule has 0 bridgehead atoms. The number of pyridine rings is 1. The number of rotatable bonds is 2. The molecule has 0 unspecified atom stereocenters. The second-order valence-electron chi connectivity index (χ2n) is 4.45. The molecule has 1 N–H and O–H groups in total. The molecule has 0 aliphatic carbocycles. The van der Waals surface area contributed by atoms with Crippen molar-refractivity contribution in [3.63, 3.8) is 0 Å². The lowest BCUT2D eigenvalue weighted by Crippen LogP contribution is -2.43. The fourth-order valence-electron chi connectivity index (χ4n) is 2.42. The Balaban J connectivity index is 0.00000133. The summed E-state index contributed by atoms with van der Waals surface area (Å²) in [4.78, 5) is 6.82. The molecule has 0 atom stereocenters. The lowest BCUT2D eigenvalue weighted by Gasteiger charge is -2.30. The first-order valence-electron chi connectivity index (χ1n) is 6.27. The summed E-state index contributed by atoms with van der Waals surface area (Å²) >= 11 is 0. The maximum Gasteiger partial charge on any atom is 0.119 e. The number of nitrogens with one attached hydrogen (secondary N) is 1. The van der Waals surface area contributed by atoms with Crippen molar-refractivity contribution in [2.24, 2.45) is 0 Å². The third kappa shape index (κ3) is 2.74. The molecule has 102 valence electrons. The van der Waals surface area contributed by atoms with Gasteiger partial charge in [-0.15, -0.1) is 12.4 Å². The van der Waals surface area contributed by atoms with Crippen LogP contribution < -0.4 is 15.0 Å². The number of anilines is 1. The maximum atomic E-state index is 5.31. The van der Waals surface area contributed by atoms with Gasteiger partial charge in [0.05, 0.1) is 12.6 Å². The number of methoxy groups -OCH3 is 1. The Morgan fingerprint density at radius 1 is 1.21 bits per heavy atom. The zero-order valence-electron chi connectivity index (χ0n) is 10.9. The van der Waals surface area contributed by atoms with Crippen LogP contribution in [0.2, 0.25) is 0 Å². The summed E-state index contributed by atoms with van der Waals surface area (Å²) in [5.74, 6) is 0.881. The topological polar surface area (TPSA) is 37.4 Å². The van der Waals surface area contributed by atoms with Gasteiger partial charge in [-0.3, -0.25) is 4.98 Å². The lowest BCUT2D eigenvalue weighted by atomic mass is 10.1. The van der Waals surface area contributed by atoms with E-state index in [0.29, 0.717) is 0 Å². The van der Waals surface area contributed by atoms with Crippen LogP contribution in [-0.2, 0) is 0 Å². The van der Waals surface area contributed by atoms with Crippen LogP contribution in [0.1, 0.15) is 0 Å². The third-order valence-electron chi connectivity index (χ3n) is 3.38. The van der Waals surface area contributed by atoms with Crippen LogP contribution in [0.4, 0.5) is 5.69 Å². The fourth-order valence-corrected chi connectivity index (χ4v) is 2.42. The highest BCUT2D eigenvalue weighted by molar-refractivity contribution is 5.92. The minimum atomic E-state index is 0. The Labute approximate surface area is 119 Å². The van der Waals surface area contributed by atoms with Crippen molar-refractivity contribution < 1.29 is 4.74 Å². The monoisotopic (exact) mass is 279 g/mol. The number of piperazine rings is 1. The quantitative estimate of drug-likeness (QED) is 0.913. The molecule has 3 rings (SSSR count). The average molecular weight is 280 g/mol. The highest BCUT2D eigenvalue weighted by atomic mass is 35.5. The molecule has 1 aliphatic heterocycles. The van der Waals surface area contributed by atoms with Crippen LogP contribution in [0.15, 0.2) is 30.5 Å². The van der Waals surface area contributed by atoms with Crippen LogP contribution in [0.3, 0.4) is 0 Å². The van der Waals surface area contributed by atoms with Crippen LogP contribution in [0, 0.1) is 0 Å². The highest BCUT2D eigenvalue weighted by Crippen LogP contribution is 2.28. The molecule has 1 saturated heterocycles. The van der Waals surface area contributed by atoms with Crippen LogP contribution in [0.5, 0.6) is 5.75 Å². The molecular weight excluding hydrogens is 262 g/mol. The number of ether oxygens (including phenoxy) is 1. The van der Waals surface area contributed by atoms with Gasteiger partial charge >= 0.3 is 0 Å². The molecule has 5 heteroatoms. The lowest BCUT2D eigenvalue weighted by molar-refractivity contribution is 0.415. The van der Waals surface area contributed by atoms with Crippen molar-refractivity contribution in [1.29, 1.82) is 0 Å². The zero-order valence-corrected chi connectivity index (χ0v) is 11.7. The van der Waals surface area contributed by atoms with E-state index in [-0.39, 0.29) is 12.4 Å². The van der Waals surface area contributed by atoms with Gasteiger partial charge in [-0.2, -0.15) is 0 Å². The van der Waals surface area contributed by atoms with Gasteiger partial charge in [0.15, 0.2) is 0 Å². The number of hydrogen-bond acceptors (Lipinski definition) is 4. The molecule has 19 heavy (non-hydrogen) atoms. The van der Waals surface area contributed by atoms with E-state index in [9.17, 15) is 0 Å². The maximum absolute atomic E-state index is 5.31. The number of aromatic nitrogens is 1. The summed E-state index contributed by atoms with van der Waals surface area (Å²) in [6.07, 6.45) is 1.88. The minimum absolute atomic E-state index is 0. The molecule has 1 aliphatic rings. The first-order valence-corrected chi connectivity index (χ1v) is 6.27. The predicted octanol–water partition coefficient (Wildman–Crippen LogP) is 2.07. The van der Waals surface area contributed by atoms with Crippen molar-refractivity contribution in [3.8, 4) is 5.75 Å². The number of fused-ring (bicyclic) bond motifs is 1. The van der Waals surface area contributed by atoms with Gasteiger partial charge in [0.2, 0.25) is 0 Å². The highest BCUT2D eigenvalue weighted by Gasteiger charge is 2.13. The van der Waals surface area contributed by atoms with Crippen LogP contribution >= 0.6 is 12.4 Å². The van der Waals surface area contributed by atoms with Crippen molar-refractivity contribution in [2.45, 2.75) is 0 Å². The van der Waals surface area contributed by atoms with Gasteiger partial charge in [0.1, 0.15) is 5.75 Å². The van der Waals surface area contributed by atoms with E-state index in [1.165, 1.54) is 11.1 Å². The van der Waals surface area contributed by atoms with E-state index in [2.05, 4.69) is 27.3 Å². The predicted molar refractivity (Wildman–Crippen MR) is 80.6 cm³/mol. The van der Waals surface area contributed by atoms with E-state index in [1.54, 1.807) is 7.11 Å². The molecule has 1 aromatic heterocycles. The minimum Gasteiger partial charge on any atom is -0.497 e. The normalized spacial score (nSPS) is 15.1. The fraction of sp³-hybridized carbons (Fsp3) is 0.357. The first-order chi connectivity index (χ1) is 8.88. The number of halogens is 1. The molecule has 4 nitrogen and oxygen atoms in total. The molecular formula is C14H18ClN3O. The molecule has 1 aromatic carbocycles. The second kappa shape index (κ2) is 6.08. The van der Waals surface area contributed by atoms with Gasteiger partial charge in [-0.05, 0) is 24.3 Å². The Kier molecular flexibility index (Phi) is 4.45. The van der Waals surface area contributed by atoms with Crippen molar-refractivity contribution in [1.82, 2.24) is 10.3 Å². The third-order valence-corrected chi connectivity index (χ3v) is 3.38. The molecule has 2 aromatic rings. The molecule has 0 amide bonds. The summed E-state index contributed by atoms with van der Waals surface area (Å²) in [5, 5.41) is 4.54. The van der Waals surface area contributed by atoms with E-state index in [1.807, 2.05) is 18.3 Å². The molecule has 0 radical (unpaired) electrons. The molecule has 0 saturated carbocycles. The van der Waals surface area contributed by atoms with Crippen molar-refractivity contribution in [2.75, 3.05) is 38.2 Å². The van der Waals surface area contributed by atoms with Crippen molar-refractivity contribution >= 4 is 29.0 Å². The summed E-state index contributed by atoms with van der Waals surface area (Å²) in [5.41, 5.74) is 2.27. The smallest absolute Gasteiger partial charge is 0.119 e. The Morgan fingerprint density at radius 3 is 2.74 bits per heavy atom. The van der Waals surface area contributed by atoms with E-state index in [4.69, 9.17) is 4.74 Å². The van der Waals surface area contributed by atoms with E-state index in [0.717, 1.165) is 37.4 Å². The van der Waals surface area contributed by atoms with Gasteiger partial charge in [0.25, 0.3) is 0 Å². The Bertz CT molecular complexity index is 555. The average Bonchev–Trinajstić information content (AvgIpc) is 2.47. The van der Waals surface area contributed by atoms with Gasteiger partial charge in [-0.1, -0.05) is 0 Å².